The van der Waals surface area contributed by atoms with Gasteiger partial charge in [-0.15, -0.1) is 0 Å². The molecule has 0 saturated carbocycles. The molecule has 1 heterocycles. The summed E-state index contributed by atoms with van der Waals surface area (Å²) in [5.41, 5.74) is 3.23. The van der Waals surface area contributed by atoms with E-state index in [0.29, 0.717) is 36.8 Å². The number of aromatic nitrogens is 1. The van der Waals surface area contributed by atoms with Crippen molar-refractivity contribution in [2.45, 2.75) is 12.8 Å². The third-order valence-electron chi connectivity index (χ3n) is 4.82. The summed E-state index contributed by atoms with van der Waals surface area (Å²) in [5, 5.41) is 6.97. The van der Waals surface area contributed by atoms with Gasteiger partial charge in [0.15, 0.2) is 11.5 Å². The van der Waals surface area contributed by atoms with Crippen LogP contribution in [0.25, 0.3) is 10.9 Å². The van der Waals surface area contributed by atoms with E-state index in [0.717, 1.165) is 17.5 Å². The van der Waals surface area contributed by atoms with Crippen molar-refractivity contribution in [3.63, 3.8) is 0 Å². The summed E-state index contributed by atoms with van der Waals surface area (Å²) in [6, 6.07) is 11.6. The van der Waals surface area contributed by atoms with Gasteiger partial charge in [-0.25, -0.2) is 4.79 Å². The van der Waals surface area contributed by atoms with Crippen LogP contribution in [0.15, 0.2) is 42.6 Å². The van der Waals surface area contributed by atoms with E-state index in [9.17, 15) is 4.79 Å². The Morgan fingerprint density at radius 3 is 2.17 bits per heavy atom. The number of aromatic amines is 1. The zero-order chi connectivity index (χ0) is 20.6. The Bertz CT molecular complexity index is 968. The third kappa shape index (κ3) is 4.93. The maximum absolute atomic E-state index is 12.1. The predicted molar refractivity (Wildman–Crippen MR) is 113 cm³/mol. The normalized spacial score (nSPS) is 10.6. The van der Waals surface area contributed by atoms with Crippen LogP contribution in [-0.4, -0.2) is 45.4 Å². The molecular formula is C22H27N3O4. The van der Waals surface area contributed by atoms with E-state index < -0.39 is 0 Å². The van der Waals surface area contributed by atoms with Crippen LogP contribution < -0.4 is 24.8 Å². The Hall–Kier alpha value is -3.35. The van der Waals surface area contributed by atoms with E-state index in [1.54, 1.807) is 27.4 Å². The molecule has 3 N–H and O–H groups in total. The van der Waals surface area contributed by atoms with Crippen molar-refractivity contribution in [3.05, 3.63) is 53.7 Å². The van der Waals surface area contributed by atoms with Gasteiger partial charge in [0.2, 0.25) is 0 Å². The summed E-state index contributed by atoms with van der Waals surface area (Å²) in [7, 11) is 4.78. The fraction of sp³-hybridized carbons (Fsp3) is 0.318. The SMILES string of the molecule is COc1cc(OC)c(OC)cc1CCNC(=O)NCCc1c[nH]c2ccccc12. The van der Waals surface area contributed by atoms with Crippen LogP contribution in [0.5, 0.6) is 17.2 Å². The highest BCUT2D eigenvalue weighted by Gasteiger charge is 2.12. The van der Waals surface area contributed by atoms with Crippen LogP contribution in [0, 0.1) is 0 Å². The second-order valence-corrected chi connectivity index (χ2v) is 6.56. The number of carbonyl (C=O) groups excluding carboxylic acids is 1. The van der Waals surface area contributed by atoms with Crippen molar-refractivity contribution in [1.82, 2.24) is 15.6 Å². The van der Waals surface area contributed by atoms with Crippen molar-refractivity contribution in [2.75, 3.05) is 34.4 Å². The van der Waals surface area contributed by atoms with E-state index in [-0.39, 0.29) is 6.03 Å². The van der Waals surface area contributed by atoms with Gasteiger partial charge in [0, 0.05) is 36.3 Å². The summed E-state index contributed by atoms with van der Waals surface area (Å²) >= 11 is 0. The highest BCUT2D eigenvalue weighted by molar-refractivity contribution is 5.83. The van der Waals surface area contributed by atoms with Gasteiger partial charge in [0.05, 0.1) is 21.3 Å². The third-order valence-corrected chi connectivity index (χ3v) is 4.82. The fourth-order valence-corrected chi connectivity index (χ4v) is 3.31. The van der Waals surface area contributed by atoms with E-state index >= 15 is 0 Å². The number of urea groups is 1. The molecule has 0 atom stereocenters. The average molecular weight is 397 g/mol. The number of nitrogens with one attached hydrogen (secondary N) is 3. The van der Waals surface area contributed by atoms with Crippen molar-refractivity contribution in [2.24, 2.45) is 0 Å². The average Bonchev–Trinajstić information content (AvgIpc) is 3.16. The summed E-state index contributed by atoms with van der Waals surface area (Å²) in [4.78, 5) is 15.3. The largest absolute Gasteiger partial charge is 0.496 e. The Kier molecular flexibility index (Phi) is 6.84. The molecular weight excluding hydrogens is 370 g/mol. The molecule has 0 fully saturated rings. The number of benzene rings is 2. The van der Waals surface area contributed by atoms with Crippen LogP contribution in [0.4, 0.5) is 4.79 Å². The zero-order valence-electron chi connectivity index (χ0n) is 17.0. The summed E-state index contributed by atoms with van der Waals surface area (Å²) < 4.78 is 16.1. The lowest BCUT2D eigenvalue weighted by Gasteiger charge is -2.14. The highest BCUT2D eigenvalue weighted by atomic mass is 16.5. The molecule has 3 rings (SSSR count). The number of fused-ring (bicyclic) bond motifs is 1. The minimum Gasteiger partial charge on any atom is -0.496 e. The van der Waals surface area contributed by atoms with Gasteiger partial charge in [-0.1, -0.05) is 18.2 Å². The molecule has 1 aromatic heterocycles. The summed E-state index contributed by atoms with van der Waals surface area (Å²) in [5.74, 6) is 1.94. The molecule has 2 amide bonds. The van der Waals surface area contributed by atoms with Crippen LogP contribution in [0.2, 0.25) is 0 Å². The van der Waals surface area contributed by atoms with Gasteiger partial charge in [-0.3, -0.25) is 0 Å². The molecule has 29 heavy (non-hydrogen) atoms. The van der Waals surface area contributed by atoms with Crippen molar-refractivity contribution in [3.8, 4) is 17.2 Å². The number of H-pyrrole nitrogens is 1. The molecule has 154 valence electrons. The molecule has 0 unspecified atom stereocenters. The van der Waals surface area contributed by atoms with E-state index in [1.165, 1.54) is 10.9 Å². The monoisotopic (exact) mass is 397 g/mol. The number of ether oxygens (including phenoxy) is 3. The highest BCUT2D eigenvalue weighted by Crippen LogP contribution is 2.34. The molecule has 0 aliphatic rings. The van der Waals surface area contributed by atoms with Gasteiger partial charge >= 0.3 is 6.03 Å². The molecule has 2 aromatic carbocycles. The Morgan fingerprint density at radius 2 is 1.48 bits per heavy atom. The topological polar surface area (TPSA) is 84.6 Å². The smallest absolute Gasteiger partial charge is 0.314 e. The number of para-hydroxylation sites is 1. The van der Waals surface area contributed by atoms with Crippen molar-refractivity contribution < 1.29 is 19.0 Å². The van der Waals surface area contributed by atoms with Gasteiger partial charge in [0.1, 0.15) is 5.75 Å². The molecule has 0 saturated heterocycles. The maximum atomic E-state index is 12.1. The van der Waals surface area contributed by atoms with E-state index in [2.05, 4.69) is 21.7 Å². The zero-order valence-corrected chi connectivity index (χ0v) is 17.0. The first-order valence-electron chi connectivity index (χ1n) is 9.51. The van der Waals surface area contributed by atoms with E-state index in [4.69, 9.17) is 14.2 Å². The first-order valence-corrected chi connectivity index (χ1v) is 9.51. The van der Waals surface area contributed by atoms with Crippen molar-refractivity contribution in [1.29, 1.82) is 0 Å². The fourth-order valence-electron chi connectivity index (χ4n) is 3.31. The second kappa shape index (κ2) is 9.73. The lowest BCUT2D eigenvalue weighted by atomic mass is 10.1. The van der Waals surface area contributed by atoms with Gasteiger partial charge < -0.3 is 29.8 Å². The standard InChI is InChI=1S/C22H27N3O4/c1-27-19-13-21(29-3)20(28-2)12-15(19)8-10-23-22(26)24-11-9-16-14-25-18-7-5-4-6-17(16)18/h4-7,12-14,25H,8-11H2,1-3H3,(H2,23,24,26). The first-order chi connectivity index (χ1) is 14.2. The first kappa shape index (κ1) is 20.4. The molecule has 3 aromatic rings. The number of rotatable bonds is 9. The van der Waals surface area contributed by atoms with Crippen LogP contribution in [0.3, 0.4) is 0 Å². The molecule has 0 radical (unpaired) electrons. The number of amides is 2. The summed E-state index contributed by atoms with van der Waals surface area (Å²) in [6.45, 7) is 1.04. The lowest BCUT2D eigenvalue weighted by Crippen LogP contribution is -2.37. The maximum Gasteiger partial charge on any atom is 0.314 e. The molecule has 7 nitrogen and oxygen atoms in total. The molecule has 7 heteroatoms. The quantitative estimate of drug-likeness (QED) is 0.517. The molecule has 0 bridgehead atoms. The molecule has 0 aliphatic carbocycles. The number of carbonyl (C=O) groups is 1. The Morgan fingerprint density at radius 1 is 0.862 bits per heavy atom. The van der Waals surface area contributed by atoms with E-state index in [1.807, 2.05) is 30.5 Å². The minimum absolute atomic E-state index is 0.190. The van der Waals surface area contributed by atoms with Crippen LogP contribution in [-0.2, 0) is 12.8 Å². The van der Waals surface area contributed by atoms with Crippen LogP contribution >= 0.6 is 0 Å². The molecule has 0 spiro atoms. The predicted octanol–water partition coefficient (Wildman–Crippen LogP) is 3.28. The van der Waals surface area contributed by atoms with Crippen molar-refractivity contribution >= 4 is 16.9 Å². The number of hydrogen-bond acceptors (Lipinski definition) is 4. The van der Waals surface area contributed by atoms with Gasteiger partial charge in [-0.05, 0) is 36.1 Å². The number of hydrogen-bond donors (Lipinski definition) is 3. The molecule has 0 aliphatic heterocycles. The van der Waals surface area contributed by atoms with Gasteiger partial charge in [0.25, 0.3) is 0 Å². The Balaban J connectivity index is 1.47. The minimum atomic E-state index is -0.190. The summed E-state index contributed by atoms with van der Waals surface area (Å²) in [6.07, 6.45) is 3.37. The van der Waals surface area contributed by atoms with Gasteiger partial charge in [-0.2, -0.15) is 0 Å². The lowest BCUT2D eigenvalue weighted by molar-refractivity contribution is 0.241. The second-order valence-electron chi connectivity index (χ2n) is 6.56. The van der Waals surface area contributed by atoms with Crippen LogP contribution in [0.1, 0.15) is 11.1 Å². The number of methoxy groups -OCH3 is 3. The Labute approximate surface area is 170 Å².